The predicted molar refractivity (Wildman–Crippen MR) is 102 cm³/mol. The zero-order chi connectivity index (χ0) is 21.6. The average molecular weight is 413 g/mol. The van der Waals surface area contributed by atoms with Crippen LogP contribution in [0.1, 0.15) is 15.9 Å². The molecule has 0 saturated carbocycles. The fourth-order valence-corrected chi connectivity index (χ4v) is 2.45. The summed E-state index contributed by atoms with van der Waals surface area (Å²) >= 11 is 0. The van der Waals surface area contributed by atoms with Gasteiger partial charge in [-0.2, -0.15) is 18.2 Å². The summed E-state index contributed by atoms with van der Waals surface area (Å²) in [6, 6.07) is 4.67. The highest BCUT2D eigenvalue weighted by Crippen LogP contribution is 2.34. The number of hydrogen-bond donors (Lipinski definition) is 2. The van der Waals surface area contributed by atoms with Crippen LogP contribution in [-0.4, -0.2) is 62.2 Å². The summed E-state index contributed by atoms with van der Waals surface area (Å²) in [5.41, 5.74) is -0.191. The van der Waals surface area contributed by atoms with Gasteiger partial charge in [0.15, 0.2) is 0 Å². The van der Waals surface area contributed by atoms with E-state index in [4.69, 9.17) is 9.47 Å². The normalized spacial score (nSPS) is 11.1. The second-order valence-corrected chi connectivity index (χ2v) is 5.96. The highest BCUT2D eigenvalue weighted by molar-refractivity contribution is 5.97. The smallest absolute Gasteiger partial charge is 0.421 e. The molecular weight excluding hydrogens is 391 g/mol. The predicted octanol–water partition coefficient (Wildman–Crippen LogP) is 3.01. The molecule has 0 saturated heterocycles. The molecular formula is C18H22F3N5O3. The minimum absolute atomic E-state index is 0.0410. The number of alkyl halides is 3. The van der Waals surface area contributed by atoms with Crippen molar-refractivity contribution >= 4 is 23.4 Å². The number of halogens is 3. The maximum atomic E-state index is 13.0. The molecule has 1 aromatic carbocycles. The van der Waals surface area contributed by atoms with Gasteiger partial charge in [0.1, 0.15) is 17.1 Å². The van der Waals surface area contributed by atoms with Crippen LogP contribution in [0.5, 0.6) is 5.75 Å². The number of rotatable bonds is 8. The van der Waals surface area contributed by atoms with Crippen molar-refractivity contribution in [2.24, 2.45) is 0 Å². The Balaban J connectivity index is 2.25. The Bertz CT molecular complexity index is 861. The van der Waals surface area contributed by atoms with Crippen LogP contribution in [0.4, 0.5) is 30.6 Å². The average Bonchev–Trinajstić information content (AvgIpc) is 2.70. The monoisotopic (exact) mass is 413 g/mol. The zero-order valence-electron chi connectivity index (χ0n) is 16.4. The Morgan fingerprint density at radius 2 is 2.00 bits per heavy atom. The Labute approximate surface area is 166 Å². The molecule has 0 spiro atoms. The number of aromatic nitrogens is 2. The summed E-state index contributed by atoms with van der Waals surface area (Å²) in [6.45, 7) is 0.800. The van der Waals surface area contributed by atoms with E-state index in [1.165, 1.54) is 25.1 Å². The van der Waals surface area contributed by atoms with Crippen LogP contribution in [0.2, 0.25) is 0 Å². The topological polar surface area (TPSA) is 88.6 Å². The van der Waals surface area contributed by atoms with Crippen molar-refractivity contribution in [3.63, 3.8) is 0 Å². The minimum atomic E-state index is -4.57. The Hall–Kier alpha value is -3.08. The number of likely N-dealkylation sites (N-methyl/N-ethyl adjacent to an activating group) is 1. The van der Waals surface area contributed by atoms with Gasteiger partial charge < -0.3 is 25.0 Å². The fraction of sp³-hybridized carbons (Fsp3) is 0.389. The van der Waals surface area contributed by atoms with E-state index in [-0.39, 0.29) is 17.7 Å². The number of nitrogens with one attached hydrogen (secondary N) is 2. The zero-order valence-corrected chi connectivity index (χ0v) is 16.4. The van der Waals surface area contributed by atoms with Gasteiger partial charge >= 0.3 is 6.18 Å². The second kappa shape index (κ2) is 9.41. The number of hydrogen-bond acceptors (Lipinski definition) is 7. The number of anilines is 3. The van der Waals surface area contributed by atoms with E-state index in [1.807, 2.05) is 0 Å². The van der Waals surface area contributed by atoms with Crippen LogP contribution < -0.4 is 15.4 Å². The number of methoxy groups -OCH3 is 2. The van der Waals surface area contributed by atoms with Gasteiger partial charge in [-0.3, -0.25) is 4.79 Å². The van der Waals surface area contributed by atoms with E-state index in [1.54, 1.807) is 26.3 Å². The number of nitrogens with zero attached hydrogens (tertiary/aromatic N) is 3. The van der Waals surface area contributed by atoms with Crippen molar-refractivity contribution in [2.45, 2.75) is 6.18 Å². The maximum Gasteiger partial charge on any atom is 0.421 e. The van der Waals surface area contributed by atoms with Crippen molar-refractivity contribution < 1.29 is 27.4 Å². The van der Waals surface area contributed by atoms with Gasteiger partial charge in [-0.1, -0.05) is 0 Å². The molecule has 29 heavy (non-hydrogen) atoms. The molecule has 8 nitrogen and oxygen atoms in total. The molecule has 1 amide bonds. The van der Waals surface area contributed by atoms with Gasteiger partial charge in [0, 0.05) is 45.7 Å². The van der Waals surface area contributed by atoms with Crippen molar-refractivity contribution in [2.75, 3.05) is 52.1 Å². The Morgan fingerprint density at radius 3 is 2.59 bits per heavy atom. The minimum Gasteiger partial charge on any atom is -0.496 e. The standard InChI is InChI=1S/C18H22F3N5O3/c1-22-15-13(18(19,20)21)10-23-17(25-15)24-11-5-6-12(14(9-11)29-4)16(27)26(2)7-8-28-3/h5-6,9-10H,7-8H2,1-4H3,(H2,22,23,24,25). The summed E-state index contributed by atoms with van der Waals surface area (Å²) in [7, 11) is 5.94. The number of carbonyl (C=O) groups is 1. The quantitative estimate of drug-likeness (QED) is 0.688. The van der Waals surface area contributed by atoms with Gasteiger partial charge in [0.05, 0.1) is 19.3 Å². The lowest BCUT2D eigenvalue weighted by Crippen LogP contribution is -2.30. The molecule has 2 N–H and O–H groups in total. The van der Waals surface area contributed by atoms with Crippen molar-refractivity contribution in [1.82, 2.24) is 14.9 Å². The van der Waals surface area contributed by atoms with E-state index >= 15 is 0 Å². The van der Waals surface area contributed by atoms with Gasteiger partial charge in [0.2, 0.25) is 5.95 Å². The lowest BCUT2D eigenvalue weighted by atomic mass is 10.1. The van der Waals surface area contributed by atoms with Gasteiger partial charge in [0.25, 0.3) is 5.91 Å². The molecule has 0 radical (unpaired) electrons. The molecule has 0 aliphatic carbocycles. The van der Waals surface area contributed by atoms with Gasteiger partial charge in [-0.05, 0) is 12.1 Å². The molecule has 0 aliphatic rings. The second-order valence-electron chi connectivity index (χ2n) is 5.96. The van der Waals surface area contributed by atoms with Crippen molar-refractivity contribution in [3.05, 3.63) is 35.5 Å². The number of amides is 1. The lowest BCUT2D eigenvalue weighted by Gasteiger charge is -2.19. The molecule has 158 valence electrons. The molecule has 2 rings (SSSR count). The van der Waals surface area contributed by atoms with E-state index in [0.717, 1.165) is 0 Å². The molecule has 0 atom stereocenters. The summed E-state index contributed by atoms with van der Waals surface area (Å²) in [5.74, 6) is -0.354. The fourth-order valence-electron chi connectivity index (χ4n) is 2.45. The first-order chi connectivity index (χ1) is 13.7. The van der Waals surface area contributed by atoms with E-state index < -0.39 is 11.7 Å². The van der Waals surface area contributed by atoms with Crippen LogP contribution in [0.25, 0.3) is 0 Å². The lowest BCUT2D eigenvalue weighted by molar-refractivity contribution is -0.137. The first-order valence-corrected chi connectivity index (χ1v) is 8.52. The summed E-state index contributed by atoms with van der Waals surface area (Å²) in [5, 5.41) is 5.22. The molecule has 0 aliphatic heterocycles. The third-order valence-electron chi connectivity index (χ3n) is 4.00. The molecule has 0 unspecified atom stereocenters. The highest BCUT2D eigenvalue weighted by atomic mass is 19.4. The number of ether oxygens (including phenoxy) is 2. The molecule has 1 aromatic heterocycles. The summed E-state index contributed by atoms with van der Waals surface area (Å²) < 4.78 is 49.1. The summed E-state index contributed by atoms with van der Waals surface area (Å²) in [4.78, 5) is 21.6. The molecule has 1 heterocycles. The largest absolute Gasteiger partial charge is 0.496 e. The van der Waals surface area contributed by atoms with Gasteiger partial charge in [-0.25, -0.2) is 4.98 Å². The van der Waals surface area contributed by atoms with E-state index in [2.05, 4.69) is 20.6 Å². The van der Waals surface area contributed by atoms with Crippen LogP contribution >= 0.6 is 0 Å². The first-order valence-electron chi connectivity index (χ1n) is 8.52. The van der Waals surface area contributed by atoms with Gasteiger partial charge in [-0.15, -0.1) is 0 Å². The van der Waals surface area contributed by atoms with Crippen molar-refractivity contribution in [3.8, 4) is 5.75 Å². The first kappa shape index (κ1) is 22.2. The third-order valence-corrected chi connectivity index (χ3v) is 4.00. The maximum absolute atomic E-state index is 13.0. The molecule has 0 bridgehead atoms. The van der Waals surface area contributed by atoms with Crippen LogP contribution in [-0.2, 0) is 10.9 Å². The van der Waals surface area contributed by atoms with Crippen molar-refractivity contribution in [1.29, 1.82) is 0 Å². The summed E-state index contributed by atoms with van der Waals surface area (Å²) in [6.07, 6.45) is -3.88. The third kappa shape index (κ3) is 5.47. The number of benzene rings is 1. The Kier molecular flexibility index (Phi) is 7.21. The van der Waals surface area contributed by atoms with Crippen LogP contribution in [0, 0.1) is 0 Å². The van der Waals surface area contributed by atoms with Crippen LogP contribution in [0.3, 0.4) is 0 Å². The molecule has 2 aromatic rings. The van der Waals surface area contributed by atoms with Crippen LogP contribution in [0.15, 0.2) is 24.4 Å². The van der Waals surface area contributed by atoms with E-state index in [0.29, 0.717) is 36.3 Å². The highest BCUT2D eigenvalue weighted by Gasteiger charge is 2.35. The SMILES string of the molecule is CNc1nc(Nc2ccc(C(=O)N(C)CCOC)c(OC)c2)ncc1C(F)(F)F. The number of carbonyl (C=O) groups excluding carboxylic acids is 1. The molecule has 11 heteroatoms. The van der Waals surface area contributed by atoms with E-state index in [9.17, 15) is 18.0 Å². The Morgan fingerprint density at radius 1 is 1.28 bits per heavy atom. The molecule has 0 fully saturated rings.